The van der Waals surface area contributed by atoms with Gasteiger partial charge < -0.3 is 5.32 Å². The zero-order chi connectivity index (χ0) is 21.4. The van der Waals surface area contributed by atoms with E-state index in [1.165, 1.54) is 15.9 Å². The van der Waals surface area contributed by atoms with E-state index in [2.05, 4.69) is 5.32 Å². The third-order valence-electron chi connectivity index (χ3n) is 5.06. The molecule has 30 heavy (non-hydrogen) atoms. The minimum absolute atomic E-state index is 0.189. The first-order valence-corrected chi connectivity index (χ1v) is 10.4. The number of fused-ring (bicyclic) bond motifs is 1. The molecule has 0 saturated carbocycles. The Morgan fingerprint density at radius 2 is 1.70 bits per heavy atom. The number of carbonyl (C=O) groups excluding carboxylic acids is 1. The first-order chi connectivity index (χ1) is 14.4. The van der Waals surface area contributed by atoms with E-state index >= 15 is 0 Å². The van der Waals surface area contributed by atoms with E-state index in [0.29, 0.717) is 15.9 Å². The number of anilines is 1. The molecule has 0 radical (unpaired) electrons. The lowest BCUT2D eigenvalue weighted by molar-refractivity contribution is -0.116. The summed E-state index contributed by atoms with van der Waals surface area (Å²) in [6, 6.07) is 14.7. The van der Waals surface area contributed by atoms with E-state index in [0.717, 1.165) is 26.9 Å². The number of nitrogens with zero attached hydrogens (tertiary/aromatic N) is 2. The van der Waals surface area contributed by atoms with Crippen LogP contribution in [0.1, 0.15) is 16.7 Å². The predicted octanol–water partition coefficient (Wildman–Crippen LogP) is 3.78. The summed E-state index contributed by atoms with van der Waals surface area (Å²) in [4.78, 5) is 39.1. The molecule has 0 spiro atoms. The standard InChI is InChI=1S/C23H21N3O3S/c1-14-6-4-9-17(12-14)26-22(28)21-18(10-11-30-21)25(23(26)29)13-19(27)24-20-15(2)7-5-8-16(20)3/h4-12H,13H2,1-3H3,(H,24,27). The van der Waals surface area contributed by atoms with Gasteiger partial charge in [-0.25, -0.2) is 9.36 Å². The summed E-state index contributed by atoms with van der Waals surface area (Å²) >= 11 is 1.26. The Labute approximate surface area is 177 Å². The molecule has 4 rings (SSSR count). The Balaban J connectivity index is 1.81. The summed E-state index contributed by atoms with van der Waals surface area (Å²) in [5.74, 6) is -0.323. The van der Waals surface area contributed by atoms with Gasteiger partial charge in [0.15, 0.2) is 0 Å². The van der Waals surface area contributed by atoms with Crippen molar-refractivity contribution >= 4 is 33.1 Å². The Morgan fingerprint density at radius 1 is 1.00 bits per heavy atom. The molecule has 4 aromatic rings. The molecular formula is C23H21N3O3S. The molecule has 2 aromatic heterocycles. The molecule has 7 heteroatoms. The van der Waals surface area contributed by atoms with Crippen molar-refractivity contribution in [2.75, 3.05) is 5.32 Å². The van der Waals surface area contributed by atoms with Crippen LogP contribution in [0.25, 0.3) is 15.9 Å². The van der Waals surface area contributed by atoms with Crippen LogP contribution in [0.4, 0.5) is 5.69 Å². The zero-order valence-electron chi connectivity index (χ0n) is 16.9. The van der Waals surface area contributed by atoms with Gasteiger partial charge in [0.25, 0.3) is 5.56 Å². The highest BCUT2D eigenvalue weighted by Crippen LogP contribution is 2.20. The van der Waals surface area contributed by atoms with Gasteiger partial charge in [0.05, 0.1) is 11.2 Å². The molecule has 2 heterocycles. The molecule has 0 aliphatic heterocycles. The van der Waals surface area contributed by atoms with Gasteiger partial charge in [0, 0.05) is 5.69 Å². The van der Waals surface area contributed by atoms with Gasteiger partial charge in [-0.3, -0.25) is 14.2 Å². The molecule has 0 fully saturated rings. The van der Waals surface area contributed by atoms with Crippen LogP contribution in [0.15, 0.2) is 63.5 Å². The van der Waals surface area contributed by atoms with E-state index in [1.807, 2.05) is 45.0 Å². The number of hydrogen-bond acceptors (Lipinski definition) is 4. The lowest BCUT2D eigenvalue weighted by Crippen LogP contribution is -2.40. The number of benzene rings is 2. The fourth-order valence-corrected chi connectivity index (χ4v) is 4.39. The Hall–Kier alpha value is -3.45. The summed E-state index contributed by atoms with van der Waals surface area (Å²) in [7, 11) is 0. The number of thiophene rings is 1. The normalized spacial score (nSPS) is 11.0. The van der Waals surface area contributed by atoms with Gasteiger partial charge in [-0.15, -0.1) is 11.3 Å². The van der Waals surface area contributed by atoms with Crippen molar-refractivity contribution in [3.63, 3.8) is 0 Å². The first-order valence-electron chi connectivity index (χ1n) is 9.53. The maximum atomic E-state index is 13.3. The van der Waals surface area contributed by atoms with Crippen molar-refractivity contribution in [1.82, 2.24) is 9.13 Å². The lowest BCUT2D eigenvalue weighted by Gasteiger charge is -2.14. The smallest absolute Gasteiger partial charge is 0.324 e. The second kappa shape index (κ2) is 7.76. The van der Waals surface area contributed by atoms with E-state index in [9.17, 15) is 14.4 Å². The highest BCUT2D eigenvalue weighted by Gasteiger charge is 2.18. The van der Waals surface area contributed by atoms with Crippen molar-refractivity contribution in [1.29, 1.82) is 0 Å². The molecular weight excluding hydrogens is 398 g/mol. The average Bonchev–Trinajstić information content (AvgIpc) is 3.18. The number of para-hydroxylation sites is 1. The van der Waals surface area contributed by atoms with Crippen molar-refractivity contribution in [3.8, 4) is 5.69 Å². The van der Waals surface area contributed by atoms with Crippen LogP contribution in [-0.4, -0.2) is 15.0 Å². The fraction of sp³-hybridized carbons (Fsp3) is 0.174. The monoisotopic (exact) mass is 419 g/mol. The van der Waals surface area contributed by atoms with Crippen molar-refractivity contribution in [3.05, 3.63) is 91.4 Å². The molecule has 0 saturated heterocycles. The van der Waals surface area contributed by atoms with Gasteiger partial charge in [0.1, 0.15) is 11.2 Å². The number of carbonyl (C=O) groups is 1. The van der Waals surface area contributed by atoms with E-state index in [-0.39, 0.29) is 18.0 Å². The molecule has 0 aliphatic carbocycles. The molecule has 1 N–H and O–H groups in total. The van der Waals surface area contributed by atoms with Crippen molar-refractivity contribution in [2.45, 2.75) is 27.3 Å². The summed E-state index contributed by atoms with van der Waals surface area (Å²) in [5.41, 5.74) is 3.62. The Morgan fingerprint density at radius 3 is 2.40 bits per heavy atom. The summed E-state index contributed by atoms with van der Waals surface area (Å²) in [6.07, 6.45) is 0. The number of amides is 1. The largest absolute Gasteiger partial charge is 0.336 e. The summed E-state index contributed by atoms with van der Waals surface area (Å²) in [5, 5.41) is 4.67. The molecule has 0 atom stereocenters. The van der Waals surface area contributed by atoms with Crippen LogP contribution in [-0.2, 0) is 11.3 Å². The molecule has 0 unspecified atom stereocenters. The first kappa shape index (κ1) is 19.8. The van der Waals surface area contributed by atoms with E-state index < -0.39 is 5.69 Å². The summed E-state index contributed by atoms with van der Waals surface area (Å²) < 4.78 is 2.94. The van der Waals surface area contributed by atoms with Crippen molar-refractivity contribution < 1.29 is 4.79 Å². The predicted molar refractivity (Wildman–Crippen MR) is 121 cm³/mol. The molecule has 1 amide bonds. The van der Waals surface area contributed by atoms with E-state index in [4.69, 9.17) is 0 Å². The van der Waals surface area contributed by atoms with Crippen molar-refractivity contribution in [2.24, 2.45) is 0 Å². The van der Waals surface area contributed by atoms with Gasteiger partial charge in [-0.2, -0.15) is 0 Å². The topological polar surface area (TPSA) is 73.1 Å². The highest BCUT2D eigenvalue weighted by molar-refractivity contribution is 7.17. The molecule has 6 nitrogen and oxygen atoms in total. The van der Waals surface area contributed by atoms with Crippen LogP contribution >= 0.6 is 11.3 Å². The number of aromatic nitrogens is 2. The molecule has 0 aliphatic rings. The van der Waals surface area contributed by atoms with Crippen LogP contribution in [0, 0.1) is 20.8 Å². The average molecular weight is 420 g/mol. The third kappa shape index (κ3) is 3.48. The van der Waals surface area contributed by atoms with Crippen LogP contribution in [0.3, 0.4) is 0 Å². The Bertz CT molecular complexity index is 1370. The molecule has 0 bridgehead atoms. The highest BCUT2D eigenvalue weighted by atomic mass is 32.1. The molecule has 152 valence electrons. The molecule has 2 aromatic carbocycles. The van der Waals surface area contributed by atoms with Gasteiger partial charge >= 0.3 is 5.69 Å². The second-order valence-corrected chi connectivity index (χ2v) is 8.21. The number of hydrogen-bond donors (Lipinski definition) is 1. The number of rotatable bonds is 4. The minimum atomic E-state index is -0.534. The fourth-order valence-electron chi connectivity index (χ4n) is 3.57. The minimum Gasteiger partial charge on any atom is -0.324 e. The van der Waals surface area contributed by atoms with Crippen LogP contribution in [0.2, 0.25) is 0 Å². The van der Waals surface area contributed by atoms with Crippen LogP contribution < -0.4 is 16.6 Å². The SMILES string of the molecule is Cc1cccc(-n2c(=O)c3sccc3n(CC(=O)Nc3c(C)cccc3C)c2=O)c1. The quantitative estimate of drug-likeness (QED) is 0.547. The third-order valence-corrected chi connectivity index (χ3v) is 5.95. The summed E-state index contributed by atoms with van der Waals surface area (Å²) in [6.45, 7) is 5.55. The van der Waals surface area contributed by atoms with Crippen LogP contribution in [0.5, 0.6) is 0 Å². The number of nitrogens with one attached hydrogen (secondary N) is 1. The number of aryl methyl sites for hydroxylation is 3. The Kier molecular flexibility index (Phi) is 5.13. The maximum Gasteiger partial charge on any atom is 0.336 e. The van der Waals surface area contributed by atoms with Gasteiger partial charge in [-0.05, 0) is 61.0 Å². The second-order valence-electron chi connectivity index (χ2n) is 7.30. The van der Waals surface area contributed by atoms with Gasteiger partial charge in [-0.1, -0.05) is 30.3 Å². The zero-order valence-corrected chi connectivity index (χ0v) is 17.7. The van der Waals surface area contributed by atoms with Gasteiger partial charge in [0.2, 0.25) is 5.91 Å². The van der Waals surface area contributed by atoms with E-state index in [1.54, 1.807) is 29.6 Å². The lowest BCUT2D eigenvalue weighted by atomic mass is 10.1. The maximum absolute atomic E-state index is 13.3.